The van der Waals surface area contributed by atoms with Gasteiger partial charge in [-0.05, 0) is 12.1 Å². The van der Waals surface area contributed by atoms with Crippen LogP contribution < -0.4 is 0 Å². The first-order chi connectivity index (χ1) is 4.47. The van der Waals surface area contributed by atoms with E-state index >= 15 is 0 Å². The SMILES string of the molecule is [PoH2].c1ccc2scnc2c1. The summed E-state index contributed by atoms with van der Waals surface area (Å²) in [6, 6.07) is 8.13. The van der Waals surface area contributed by atoms with Crippen molar-refractivity contribution in [2.75, 3.05) is 0 Å². The maximum atomic E-state index is 4.14. The van der Waals surface area contributed by atoms with E-state index in [0.717, 1.165) is 5.52 Å². The fourth-order valence-corrected chi connectivity index (χ4v) is 1.48. The van der Waals surface area contributed by atoms with Crippen LogP contribution in [-0.4, -0.2) is 31.6 Å². The van der Waals surface area contributed by atoms with Crippen molar-refractivity contribution in [1.29, 1.82) is 0 Å². The van der Waals surface area contributed by atoms with E-state index in [0.29, 0.717) is 0 Å². The standard InChI is InChI=1S/C7H5NS.Po.2H/c1-2-4-7-6(3-1)8-5-9-7;;;/h1-5H;;;. The summed E-state index contributed by atoms with van der Waals surface area (Å²) in [5, 5.41) is 0. The normalized spacial score (nSPS) is 9.20. The predicted molar refractivity (Wildman–Crippen MR) is 48.2 cm³/mol. The number of para-hydroxylation sites is 1. The Labute approximate surface area is 82.6 Å². The number of rotatable bonds is 0. The molecular weight excluding hydrogens is 339 g/mol. The van der Waals surface area contributed by atoms with E-state index in [-0.39, 0.29) is 26.6 Å². The zero-order chi connectivity index (χ0) is 6.10. The average molecular weight is 346 g/mol. The number of hydrogen-bond donors (Lipinski definition) is 0. The largest absolute Gasteiger partial charge is 0.245 e. The molecule has 52 valence electrons. The summed E-state index contributed by atoms with van der Waals surface area (Å²) in [7, 11) is 0. The summed E-state index contributed by atoms with van der Waals surface area (Å²) >= 11 is 1.68. The second-order valence-electron chi connectivity index (χ2n) is 1.82. The van der Waals surface area contributed by atoms with Crippen molar-refractivity contribution in [3.8, 4) is 0 Å². The molecule has 10 heavy (non-hydrogen) atoms. The Balaban J connectivity index is 0.000000500. The predicted octanol–water partition coefficient (Wildman–Crippen LogP) is 1.38. The van der Waals surface area contributed by atoms with Crippen LogP contribution in [0.2, 0.25) is 0 Å². The maximum absolute atomic E-state index is 4.14. The maximum Gasteiger partial charge on any atom is 0.0812 e. The zero-order valence-corrected chi connectivity index (χ0v) is 9.95. The fraction of sp³-hybridized carbons (Fsp3) is 0. The Kier molecular flexibility index (Phi) is 2.77. The van der Waals surface area contributed by atoms with Crippen LogP contribution in [0.5, 0.6) is 0 Å². The quantitative estimate of drug-likeness (QED) is 0.703. The van der Waals surface area contributed by atoms with E-state index in [4.69, 9.17) is 0 Å². The molecule has 0 amide bonds. The molecule has 0 aliphatic carbocycles. The number of aromatic nitrogens is 1. The Hall–Kier alpha value is 0.00610. The van der Waals surface area contributed by atoms with Crippen molar-refractivity contribution in [1.82, 2.24) is 4.98 Å². The van der Waals surface area contributed by atoms with Crippen LogP contribution in [0.25, 0.3) is 10.2 Å². The van der Waals surface area contributed by atoms with E-state index in [1.165, 1.54) is 4.70 Å². The summed E-state index contributed by atoms with van der Waals surface area (Å²) in [6.45, 7) is 0. The van der Waals surface area contributed by atoms with Crippen LogP contribution in [0.1, 0.15) is 0 Å². The molecule has 0 unspecified atom stereocenters. The van der Waals surface area contributed by atoms with Gasteiger partial charge in [0.15, 0.2) is 0 Å². The summed E-state index contributed by atoms with van der Waals surface area (Å²) < 4.78 is 1.26. The minimum atomic E-state index is 0. The summed E-state index contributed by atoms with van der Waals surface area (Å²) in [4.78, 5) is 4.14. The summed E-state index contributed by atoms with van der Waals surface area (Å²) in [6.07, 6.45) is 0. The molecule has 1 nitrogen and oxygen atoms in total. The smallest absolute Gasteiger partial charge is 0.0812 e. The second kappa shape index (κ2) is 3.41. The summed E-state index contributed by atoms with van der Waals surface area (Å²) in [5.41, 5.74) is 2.97. The van der Waals surface area contributed by atoms with Gasteiger partial charge < -0.3 is 0 Å². The van der Waals surface area contributed by atoms with Crippen molar-refractivity contribution in [3.63, 3.8) is 0 Å². The van der Waals surface area contributed by atoms with Crippen LogP contribution >= 0.6 is 11.3 Å². The van der Waals surface area contributed by atoms with E-state index in [2.05, 4.69) is 11.1 Å². The minimum Gasteiger partial charge on any atom is -0.245 e. The topological polar surface area (TPSA) is 12.9 Å². The molecule has 3 heteroatoms. The molecule has 1 heterocycles. The van der Waals surface area contributed by atoms with Crippen molar-refractivity contribution < 1.29 is 0 Å². The Morgan fingerprint density at radius 3 is 2.80 bits per heavy atom. The first-order valence-corrected chi connectivity index (χ1v) is 3.63. The van der Waals surface area contributed by atoms with Crippen LogP contribution in [0.3, 0.4) is 0 Å². The minimum absolute atomic E-state index is 0. The van der Waals surface area contributed by atoms with Crippen LogP contribution in [0.15, 0.2) is 29.8 Å². The van der Waals surface area contributed by atoms with E-state index in [1.807, 2.05) is 23.7 Å². The average Bonchev–Trinajstić information content (AvgIpc) is 2.33. The molecule has 0 radical (unpaired) electrons. The Bertz CT molecular complexity index is 288. The van der Waals surface area contributed by atoms with Crippen LogP contribution in [0.4, 0.5) is 0 Å². The van der Waals surface area contributed by atoms with Gasteiger partial charge in [0.25, 0.3) is 0 Å². The monoisotopic (exact) mass is 346 g/mol. The molecule has 0 saturated carbocycles. The van der Waals surface area contributed by atoms with Crippen LogP contribution in [-0.2, 0) is 0 Å². The summed E-state index contributed by atoms with van der Waals surface area (Å²) in [5.74, 6) is 0. The molecule has 0 atom stereocenters. The third-order valence-corrected chi connectivity index (χ3v) is 2.05. The number of thiazole rings is 1. The molecule has 2 rings (SSSR count). The van der Waals surface area contributed by atoms with Crippen molar-refractivity contribution in [2.24, 2.45) is 0 Å². The van der Waals surface area contributed by atoms with Gasteiger partial charge in [0.2, 0.25) is 0 Å². The van der Waals surface area contributed by atoms with Gasteiger partial charge in [-0.25, -0.2) is 4.98 Å². The molecule has 0 fully saturated rings. The van der Waals surface area contributed by atoms with Gasteiger partial charge in [-0.1, -0.05) is 12.1 Å². The van der Waals surface area contributed by atoms with Crippen LogP contribution in [0, 0.1) is 0 Å². The first-order valence-electron chi connectivity index (χ1n) is 2.75. The zero-order valence-electron chi connectivity index (χ0n) is 5.24. The molecule has 1 aromatic heterocycles. The Morgan fingerprint density at radius 1 is 1.20 bits per heavy atom. The van der Waals surface area contributed by atoms with Gasteiger partial charge in [0.05, 0.1) is 15.7 Å². The van der Waals surface area contributed by atoms with Crippen molar-refractivity contribution in [2.45, 2.75) is 0 Å². The molecule has 1 aromatic carbocycles. The van der Waals surface area contributed by atoms with Gasteiger partial charge in [0, 0.05) is 0 Å². The van der Waals surface area contributed by atoms with Gasteiger partial charge in [-0.2, -0.15) is 0 Å². The van der Waals surface area contributed by atoms with Gasteiger partial charge in [0.1, 0.15) is 0 Å². The van der Waals surface area contributed by atoms with E-state index in [1.54, 1.807) is 11.3 Å². The van der Waals surface area contributed by atoms with Gasteiger partial charge in [-0.3, -0.25) is 0 Å². The molecule has 0 aliphatic rings. The fourth-order valence-electron chi connectivity index (χ4n) is 0.803. The number of nitrogens with zero attached hydrogens (tertiary/aromatic N) is 1. The van der Waals surface area contributed by atoms with Gasteiger partial charge >= 0.3 is 26.6 Å². The molecule has 0 N–H and O–H groups in total. The van der Waals surface area contributed by atoms with Crippen molar-refractivity contribution in [3.05, 3.63) is 29.8 Å². The number of benzene rings is 1. The molecular formula is C7H7NPoS. The molecule has 0 bridgehead atoms. The molecule has 2 aromatic rings. The first kappa shape index (κ1) is 8.11. The Morgan fingerprint density at radius 2 is 2.00 bits per heavy atom. The number of fused-ring (bicyclic) bond motifs is 1. The van der Waals surface area contributed by atoms with Crippen molar-refractivity contribution >= 4 is 48.1 Å². The van der Waals surface area contributed by atoms with Gasteiger partial charge in [-0.15, -0.1) is 11.3 Å². The third kappa shape index (κ3) is 1.36. The van der Waals surface area contributed by atoms with E-state index in [9.17, 15) is 0 Å². The number of hydrogen-bond acceptors (Lipinski definition) is 2. The van der Waals surface area contributed by atoms with E-state index < -0.39 is 0 Å². The molecule has 0 spiro atoms. The third-order valence-electron chi connectivity index (χ3n) is 1.24. The molecule has 0 saturated heterocycles. The second-order valence-corrected chi connectivity index (χ2v) is 2.71. The molecule has 0 aliphatic heterocycles.